The molecular formula is C23H32F3N7O3S. The van der Waals surface area contributed by atoms with E-state index >= 15 is 0 Å². The molecule has 0 aromatic carbocycles. The van der Waals surface area contributed by atoms with Gasteiger partial charge in [0.2, 0.25) is 17.7 Å². The smallest absolute Gasteiger partial charge is 0.368 e. The number of anilines is 2. The van der Waals surface area contributed by atoms with Crippen LogP contribution in [0, 0.1) is 17.2 Å². The highest BCUT2D eigenvalue weighted by molar-refractivity contribution is 8.01. The molecule has 1 aromatic heterocycles. The number of alkyl halides is 3. The summed E-state index contributed by atoms with van der Waals surface area (Å²) in [6.07, 6.45) is -4.62. The quantitative estimate of drug-likeness (QED) is 0.410. The van der Waals surface area contributed by atoms with E-state index in [9.17, 15) is 32.8 Å². The van der Waals surface area contributed by atoms with Crippen LogP contribution in [0.4, 0.5) is 24.8 Å². The highest BCUT2D eigenvalue weighted by atomic mass is 32.2. The molecule has 3 atom stereocenters. The largest absolute Gasteiger partial charge is 0.405 e. The average Bonchev–Trinajstić information content (AvgIpc) is 3.10. The molecule has 3 amide bonds. The number of carbonyl (C=O) groups is 3. The molecule has 0 saturated carbocycles. The highest BCUT2D eigenvalue weighted by Gasteiger charge is 2.46. The van der Waals surface area contributed by atoms with Crippen molar-refractivity contribution in [1.82, 2.24) is 20.1 Å². The molecule has 2 heterocycles. The summed E-state index contributed by atoms with van der Waals surface area (Å²) < 4.78 is 37.4. The average molecular weight is 544 g/mol. The van der Waals surface area contributed by atoms with Gasteiger partial charge in [0.05, 0.1) is 12.6 Å². The number of amides is 3. The molecular weight excluding hydrogens is 511 g/mol. The summed E-state index contributed by atoms with van der Waals surface area (Å²) in [6, 6.07) is 6.70. The van der Waals surface area contributed by atoms with Crippen LogP contribution in [0.15, 0.2) is 18.2 Å². The Bertz CT molecular complexity index is 1030. The van der Waals surface area contributed by atoms with E-state index in [0.717, 1.165) is 11.8 Å². The van der Waals surface area contributed by atoms with Crippen LogP contribution in [0.5, 0.6) is 0 Å². The number of aromatic nitrogens is 1. The molecule has 0 spiro atoms. The summed E-state index contributed by atoms with van der Waals surface area (Å²) in [5.41, 5.74) is -0.187. The Balaban J connectivity index is 2.02. The zero-order valence-corrected chi connectivity index (χ0v) is 22.2. The second-order valence-corrected chi connectivity index (χ2v) is 10.8. The minimum Gasteiger partial charge on any atom is -0.368 e. The number of likely N-dealkylation sites (N-methyl/N-ethyl adjacent to an activating group) is 1. The van der Waals surface area contributed by atoms with Gasteiger partial charge >= 0.3 is 6.18 Å². The van der Waals surface area contributed by atoms with Gasteiger partial charge in [-0.15, -0.1) is 11.8 Å². The van der Waals surface area contributed by atoms with Crippen LogP contribution in [0.1, 0.15) is 27.7 Å². The van der Waals surface area contributed by atoms with E-state index < -0.39 is 35.2 Å². The maximum absolute atomic E-state index is 12.9. The van der Waals surface area contributed by atoms with Crippen molar-refractivity contribution in [2.45, 2.75) is 50.0 Å². The van der Waals surface area contributed by atoms with Crippen molar-refractivity contribution < 1.29 is 27.6 Å². The van der Waals surface area contributed by atoms with Gasteiger partial charge in [0.25, 0.3) is 0 Å². The molecule has 1 saturated heterocycles. The molecule has 2 rings (SSSR count). The van der Waals surface area contributed by atoms with Crippen LogP contribution in [0.3, 0.4) is 0 Å². The fourth-order valence-electron chi connectivity index (χ4n) is 3.32. The number of nitrogens with one attached hydrogen (secondary N) is 3. The van der Waals surface area contributed by atoms with E-state index in [1.807, 2.05) is 32.7 Å². The molecule has 0 bridgehead atoms. The molecule has 3 N–H and O–H groups in total. The summed E-state index contributed by atoms with van der Waals surface area (Å²) >= 11 is 1.04. The van der Waals surface area contributed by atoms with Crippen LogP contribution in [0.25, 0.3) is 0 Å². The lowest BCUT2D eigenvalue weighted by Gasteiger charge is -2.31. The second kappa shape index (κ2) is 12.5. The first-order valence-corrected chi connectivity index (χ1v) is 12.5. The molecule has 1 aromatic rings. The number of nitrogens with zero attached hydrogens (tertiary/aromatic N) is 4. The number of pyridine rings is 1. The van der Waals surface area contributed by atoms with Gasteiger partial charge < -0.3 is 20.9 Å². The van der Waals surface area contributed by atoms with Crippen molar-refractivity contribution in [2.24, 2.45) is 5.92 Å². The van der Waals surface area contributed by atoms with Gasteiger partial charge in [-0.25, -0.2) is 4.98 Å². The Morgan fingerprint density at radius 1 is 1.27 bits per heavy atom. The van der Waals surface area contributed by atoms with Gasteiger partial charge in [-0.05, 0) is 46.9 Å². The monoisotopic (exact) mass is 543 g/mol. The number of halogens is 3. The highest BCUT2D eigenvalue weighted by Crippen LogP contribution is 2.36. The third-order valence-electron chi connectivity index (χ3n) is 5.69. The van der Waals surface area contributed by atoms with E-state index in [4.69, 9.17) is 0 Å². The molecule has 0 aliphatic carbocycles. The molecule has 14 heteroatoms. The molecule has 204 valence electrons. The standard InChI is InChI=1S/C23H32F3N7O3S/c1-6-33-20(36)15(37-21(33)14(10-27)19(35)29-13-23(24,25)26)11-28-16-8-7-9-17(30-16)31-18(34)12-32(5)22(2,3)4/h7-9,14-15,21H,6,11-13H2,1-5H3,(H,29,35)(H2,28,30,31,34). The molecule has 10 nitrogen and oxygen atoms in total. The molecule has 1 aliphatic rings. The van der Waals surface area contributed by atoms with Crippen LogP contribution in [0.2, 0.25) is 0 Å². The Labute approximate surface area is 218 Å². The zero-order valence-electron chi connectivity index (χ0n) is 21.3. The first-order chi connectivity index (χ1) is 17.2. The summed E-state index contributed by atoms with van der Waals surface area (Å²) in [4.78, 5) is 45.0. The van der Waals surface area contributed by atoms with Crippen molar-refractivity contribution in [3.05, 3.63) is 18.2 Å². The topological polar surface area (TPSA) is 130 Å². The van der Waals surface area contributed by atoms with E-state index in [-0.39, 0.29) is 37.0 Å². The van der Waals surface area contributed by atoms with Crippen molar-refractivity contribution in [2.75, 3.05) is 43.9 Å². The molecule has 3 unspecified atom stereocenters. The lowest BCUT2D eigenvalue weighted by molar-refractivity contribution is -0.141. The SMILES string of the molecule is CCN1C(=O)C(CNc2cccc(NC(=O)CN(C)C(C)(C)C)n2)SC1C(C#N)C(=O)NCC(F)(F)F. The number of nitriles is 1. The number of carbonyl (C=O) groups excluding carboxylic acids is 3. The van der Waals surface area contributed by atoms with Gasteiger partial charge in [0.1, 0.15) is 28.8 Å². The third kappa shape index (κ3) is 8.78. The van der Waals surface area contributed by atoms with Crippen molar-refractivity contribution >= 4 is 41.1 Å². The predicted molar refractivity (Wildman–Crippen MR) is 134 cm³/mol. The predicted octanol–water partition coefficient (Wildman–Crippen LogP) is 2.27. The Kier molecular flexibility index (Phi) is 10.2. The summed E-state index contributed by atoms with van der Waals surface area (Å²) in [5.74, 6) is -2.42. The Morgan fingerprint density at radius 3 is 2.49 bits per heavy atom. The molecule has 37 heavy (non-hydrogen) atoms. The fourth-order valence-corrected chi connectivity index (χ4v) is 4.83. The normalized spacial score (nSPS) is 18.9. The molecule has 1 fully saturated rings. The summed E-state index contributed by atoms with van der Waals surface area (Å²) in [6.45, 7) is 6.51. The number of hydrogen-bond donors (Lipinski definition) is 3. The van der Waals surface area contributed by atoms with Gasteiger partial charge in [-0.3, -0.25) is 19.3 Å². The number of thioether (sulfide) groups is 1. The second-order valence-electron chi connectivity index (χ2n) is 9.44. The third-order valence-corrected chi connectivity index (χ3v) is 7.19. The van der Waals surface area contributed by atoms with Crippen molar-refractivity contribution in [3.8, 4) is 6.07 Å². The molecule has 1 aliphatic heterocycles. The minimum atomic E-state index is -4.62. The Hall–Kier alpha value is -3.05. The van der Waals surface area contributed by atoms with Crippen LogP contribution >= 0.6 is 11.8 Å². The van der Waals surface area contributed by atoms with E-state index in [1.54, 1.807) is 36.5 Å². The van der Waals surface area contributed by atoms with Gasteiger partial charge in [-0.2, -0.15) is 18.4 Å². The zero-order chi connectivity index (χ0) is 28.0. The van der Waals surface area contributed by atoms with E-state index in [1.165, 1.54) is 4.90 Å². The minimum absolute atomic E-state index is 0.0932. The summed E-state index contributed by atoms with van der Waals surface area (Å²) in [5, 5.41) is 15.3. The van der Waals surface area contributed by atoms with Crippen LogP contribution < -0.4 is 16.0 Å². The first kappa shape index (κ1) is 30.2. The van der Waals surface area contributed by atoms with Gasteiger partial charge in [0, 0.05) is 18.6 Å². The summed E-state index contributed by atoms with van der Waals surface area (Å²) in [7, 11) is 1.84. The van der Waals surface area contributed by atoms with Gasteiger partial charge in [-0.1, -0.05) is 6.07 Å². The number of rotatable bonds is 10. The Morgan fingerprint density at radius 2 is 1.92 bits per heavy atom. The van der Waals surface area contributed by atoms with E-state index in [0.29, 0.717) is 11.6 Å². The van der Waals surface area contributed by atoms with Gasteiger partial charge in [0.15, 0.2) is 5.92 Å². The van der Waals surface area contributed by atoms with Crippen molar-refractivity contribution in [3.63, 3.8) is 0 Å². The lowest BCUT2D eigenvalue weighted by Crippen LogP contribution is -2.45. The first-order valence-electron chi connectivity index (χ1n) is 11.6. The fraction of sp³-hybridized carbons (Fsp3) is 0.609. The van der Waals surface area contributed by atoms with E-state index in [2.05, 4.69) is 15.6 Å². The van der Waals surface area contributed by atoms with Crippen LogP contribution in [-0.4, -0.2) is 88.1 Å². The molecule has 0 radical (unpaired) electrons. The maximum atomic E-state index is 12.9. The maximum Gasteiger partial charge on any atom is 0.405 e. The lowest BCUT2D eigenvalue weighted by atomic mass is 10.1. The van der Waals surface area contributed by atoms with Crippen LogP contribution in [-0.2, 0) is 14.4 Å². The van der Waals surface area contributed by atoms with Crippen molar-refractivity contribution in [1.29, 1.82) is 5.26 Å². The number of hydrogen-bond acceptors (Lipinski definition) is 8.